The van der Waals surface area contributed by atoms with Gasteiger partial charge in [0, 0.05) is 12.1 Å². The van der Waals surface area contributed by atoms with E-state index in [1.54, 1.807) is 0 Å². The van der Waals surface area contributed by atoms with Gasteiger partial charge in [0.1, 0.15) is 0 Å². The molecule has 0 spiro atoms. The minimum atomic E-state index is -0.732. The number of rotatable bonds is 6. The topological polar surface area (TPSA) is 60.8 Å². The lowest BCUT2D eigenvalue weighted by Gasteiger charge is -2.44. The van der Waals surface area contributed by atoms with Gasteiger partial charge < -0.3 is 10.2 Å². The van der Waals surface area contributed by atoms with Crippen LogP contribution in [0.25, 0.3) is 0 Å². The second-order valence-corrected chi connectivity index (χ2v) is 5.30. The van der Waals surface area contributed by atoms with Crippen molar-refractivity contribution in [2.75, 3.05) is 13.6 Å². The molecular formula is C13H25NO3. The lowest BCUT2D eigenvalue weighted by atomic mass is 9.78. The van der Waals surface area contributed by atoms with E-state index in [4.69, 9.17) is 5.11 Å². The Balaban J connectivity index is 2.70. The van der Waals surface area contributed by atoms with Gasteiger partial charge in [-0.25, -0.2) is 0 Å². The van der Waals surface area contributed by atoms with Crippen LogP contribution in [0.3, 0.4) is 0 Å². The molecule has 0 bridgehead atoms. The Labute approximate surface area is 104 Å². The number of hydrogen-bond donors (Lipinski definition) is 2. The third-order valence-corrected chi connectivity index (χ3v) is 4.03. The molecule has 0 amide bonds. The molecule has 0 aromatic heterocycles. The first kappa shape index (κ1) is 14.5. The number of β-amino-alcohol motifs (C(OH)–C–C–N with tert-alkyl or cyclic N) is 1. The zero-order valence-corrected chi connectivity index (χ0v) is 11.0. The van der Waals surface area contributed by atoms with Gasteiger partial charge in [-0.3, -0.25) is 9.69 Å². The fourth-order valence-electron chi connectivity index (χ4n) is 2.82. The molecule has 0 heterocycles. The summed E-state index contributed by atoms with van der Waals surface area (Å²) in [6, 6.07) is 0. The third kappa shape index (κ3) is 3.96. The van der Waals surface area contributed by atoms with Gasteiger partial charge in [-0.15, -0.1) is 0 Å². The van der Waals surface area contributed by atoms with E-state index in [0.717, 1.165) is 25.7 Å². The Kier molecular flexibility index (Phi) is 5.40. The normalized spacial score (nSPS) is 21.4. The number of aliphatic hydroxyl groups is 1. The lowest BCUT2D eigenvalue weighted by molar-refractivity contribution is -0.141. The van der Waals surface area contributed by atoms with Gasteiger partial charge in [0.25, 0.3) is 0 Å². The van der Waals surface area contributed by atoms with Crippen LogP contribution >= 0.6 is 0 Å². The summed E-state index contributed by atoms with van der Waals surface area (Å²) in [6.07, 6.45) is 5.82. The van der Waals surface area contributed by atoms with E-state index < -0.39 is 5.97 Å². The number of aliphatic hydroxyl groups excluding tert-OH is 1. The number of carboxylic acid groups (broad SMARTS) is 1. The van der Waals surface area contributed by atoms with Gasteiger partial charge in [0.05, 0.1) is 12.5 Å². The van der Waals surface area contributed by atoms with Crippen molar-refractivity contribution in [1.82, 2.24) is 4.90 Å². The van der Waals surface area contributed by atoms with E-state index in [1.807, 2.05) is 14.0 Å². The minimum Gasteiger partial charge on any atom is -0.481 e. The fraction of sp³-hybridized carbons (Fsp3) is 0.923. The third-order valence-electron chi connectivity index (χ3n) is 4.03. The maximum absolute atomic E-state index is 11.0. The molecule has 4 heteroatoms. The van der Waals surface area contributed by atoms with E-state index in [0.29, 0.717) is 13.0 Å². The Bertz CT molecular complexity index is 249. The molecule has 1 saturated carbocycles. The molecule has 1 fully saturated rings. The summed E-state index contributed by atoms with van der Waals surface area (Å²) in [4.78, 5) is 13.1. The summed E-state index contributed by atoms with van der Waals surface area (Å²) < 4.78 is 0. The molecule has 1 aliphatic rings. The van der Waals surface area contributed by atoms with Crippen molar-refractivity contribution < 1.29 is 15.0 Å². The summed E-state index contributed by atoms with van der Waals surface area (Å²) >= 11 is 0. The summed E-state index contributed by atoms with van der Waals surface area (Å²) in [5.74, 6) is -0.732. The van der Waals surface area contributed by atoms with E-state index >= 15 is 0 Å². The van der Waals surface area contributed by atoms with Crippen LogP contribution in [0, 0.1) is 0 Å². The van der Waals surface area contributed by atoms with Gasteiger partial charge in [-0.1, -0.05) is 26.2 Å². The average Bonchev–Trinajstić information content (AvgIpc) is 2.29. The fourth-order valence-corrected chi connectivity index (χ4v) is 2.82. The highest BCUT2D eigenvalue weighted by Gasteiger charge is 2.38. The average molecular weight is 243 g/mol. The highest BCUT2D eigenvalue weighted by Crippen LogP contribution is 2.35. The highest BCUT2D eigenvalue weighted by molar-refractivity contribution is 5.68. The maximum atomic E-state index is 11.0. The Morgan fingerprint density at radius 1 is 1.35 bits per heavy atom. The molecule has 100 valence electrons. The number of carboxylic acids is 1. The van der Waals surface area contributed by atoms with Crippen molar-refractivity contribution in [3.8, 4) is 0 Å². The second kappa shape index (κ2) is 6.36. The van der Waals surface area contributed by atoms with Crippen molar-refractivity contribution >= 4 is 5.97 Å². The van der Waals surface area contributed by atoms with Gasteiger partial charge in [0.2, 0.25) is 0 Å². The maximum Gasteiger partial charge on any atom is 0.305 e. The van der Waals surface area contributed by atoms with E-state index in [-0.39, 0.29) is 18.1 Å². The molecule has 0 aromatic carbocycles. The summed E-state index contributed by atoms with van der Waals surface area (Å²) in [5.41, 5.74) is -0.236. The molecule has 0 aromatic rings. The van der Waals surface area contributed by atoms with Crippen molar-refractivity contribution in [1.29, 1.82) is 0 Å². The first-order valence-corrected chi connectivity index (χ1v) is 6.61. The molecule has 17 heavy (non-hydrogen) atoms. The molecule has 1 aliphatic carbocycles. The molecule has 0 aliphatic heterocycles. The number of hydrogen-bond acceptors (Lipinski definition) is 3. The molecule has 1 rings (SSSR count). The van der Waals surface area contributed by atoms with Crippen LogP contribution in [0.5, 0.6) is 0 Å². The summed E-state index contributed by atoms with van der Waals surface area (Å²) in [5, 5.41) is 18.8. The van der Waals surface area contributed by atoms with Crippen LogP contribution in [0.15, 0.2) is 0 Å². The van der Waals surface area contributed by atoms with Gasteiger partial charge in [-0.2, -0.15) is 0 Å². The monoisotopic (exact) mass is 243 g/mol. The van der Waals surface area contributed by atoms with Crippen LogP contribution in [0.4, 0.5) is 0 Å². The predicted molar refractivity (Wildman–Crippen MR) is 67.0 cm³/mol. The standard InChI is InChI=1S/C13H25NO3/c1-3-11(15)10-14(2)13(9-12(16)17)7-5-4-6-8-13/h11,15H,3-10H2,1-2H3,(H,16,17). The zero-order valence-electron chi connectivity index (χ0n) is 11.0. The largest absolute Gasteiger partial charge is 0.481 e. The van der Waals surface area contributed by atoms with Gasteiger partial charge in [-0.05, 0) is 26.3 Å². The first-order chi connectivity index (χ1) is 8.00. The highest BCUT2D eigenvalue weighted by atomic mass is 16.4. The molecule has 0 saturated heterocycles. The van der Waals surface area contributed by atoms with Crippen LogP contribution in [0.1, 0.15) is 51.9 Å². The van der Waals surface area contributed by atoms with Crippen molar-refractivity contribution in [2.45, 2.75) is 63.5 Å². The molecule has 1 atom stereocenters. The van der Waals surface area contributed by atoms with Crippen LogP contribution in [-0.2, 0) is 4.79 Å². The molecule has 2 N–H and O–H groups in total. The predicted octanol–water partition coefficient (Wildman–Crippen LogP) is 1.87. The lowest BCUT2D eigenvalue weighted by Crippen LogP contribution is -2.51. The minimum absolute atomic E-state index is 0.194. The zero-order chi connectivity index (χ0) is 12.9. The number of likely N-dealkylation sites (N-methyl/N-ethyl adjacent to an activating group) is 1. The van der Waals surface area contributed by atoms with Crippen molar-refractivity contribution in [3.05, 3.63) is 0 Å². The van der Waals surface area contributed by atoms with Crippen molar-refractivity contribution in [3.63, 3.8) is 0 Å². The Morgan fingerprint density at radius 3 is 2.41 bits per heavy atom. The first-order valence-electron chi connectivity index (χ1n) is 6.61. The number of aliphatic carboxylic acids is 1. The number of carbonyl (C=O) groups is 1. The molecule has 0 radical (unpaired) electrons. The summed E-state index contributed by atoms with van der Waals surface area (Å²) in [7, 11) is 1.95. The number of nitrogens with zero attached hydrogens (tertiary/aromatic N) is 1. The smallest absolute Gasteiger partial charge is 0.305 e. The molecule has 1 unspecified atom stereocenters. The van der Waals surface area contributed by atoms with Crippen molar-refractivity contribution in [2.24, 2.45) is 0 Å². The second-order valence-electron chi connectivity index (χ2n) is 5.30. The van der Waals surface area contributed by atoms with Gasteiger partial charge in [0.15, 0.2) is 0 Å². The van der Waals surface area contributed by atoms with Crippen LogP contribution in [-0.4, -0.2) is 46.3 Å². The van der Waals surface area contributed by atoms with Gasteiger partial charge >= 0.3 is 5.97 Å². The SMILES string of the molecule is CCC(O)CN(C)C1(CC(=O)O)CCCCC1. The summed E-state index contributed by atoms with van der Waals surface area (Å²) in [6.45, 7) is 2.52. The quantitative estimate of drug-likeness (QED) is 0.747. The Hall–Kier alpha value is -0.610. The van der Waals surface area contributed by atoms with E-state index in [2.05, 4.69) is 4.90 Å². The van der Waals surface area contributed by atoms with E-state index in [1.165, 1.54) is 6.42 Å². The van der Waals surface area contributed by atoms with Crippen LogP contribution in [0.2, 0.25) is 0 Å². The van der Waals surface area contributed by atoms with E-state index in [9.17, 15) is 9.90 Å². The molecule has 4 nitrogen and oxygen atoms in total. The van der Waals surface area contributed by atoms with Crippen LogP contribution < -0.4 is 0 Å². The molecular weight excluding hydrogens is 218 g/mol. The Morgan fingerprint density at radius 2 is 1.94 bits per heavy atom.